The number of benzene rings is 1. The molecule has 0 aromatic heterocycles. The average molecular weight is 326 g/mol. The molecule has 1 saturated heterocycles. The highest BCUT2D eigenvalue weighted by molar-refractivity contribution is 5.85. The third-order valence-electron chi connectivity index (χ3n) is 4.25. The minimum Gasteiger partial charge on any atom is -0.339 e. The van der Waals surface area contributed by atoms with Crippen LogP contribution in [-0.4, -0.2) is 54.5 Å². The van der Waals surface area contributed by atoms with E-state index in [0.717, 1.165) is 39.1 Å². The van der Waals surface area contributed by atoms with Crippen LogP contribution >= 0.6 is 12.4 Å². The van der Waals surface area contributed by atoms with Gasteiger partial charge in [0.25, 0.3) is 0 Å². The van der Waals surface area contributed by atoms with E-state index in [-0.39, 0.29) is 30.3 Å². The predicted molar refractivity (Wildman–Crippen MR) is 93.2 cm³/mol. The average Bonchev–Trinajstić information content (AvgIpc) is 2.53. The third-order valence-corrected chi connectivity index (χ3v) is 4.25. The van der Waals surface area contributed by atoms with Gasteiger partial charge < -0.3 is 10.6 Å². The maximum Gasteiger partial charge on any atom is 0.239 e. The molecule has 1 aromatic carbocycles. The Balaban J connectivity index is 0.00000242. The molecule has 2 rings (SSSR count). The Bertz CT molecular complexity index is 444. The molecule has 1 aliphatic heterocycles. The van der Waals surface area contributed by atoms with E-state index in [2.05, 4.69) is 29.2 Å². The molecule has 0 radical (unpaired) electrons. The SMILES string of the molecule is CC(C)[C@H](N)C(=O)N1CCN(CCc2ccccc2)CC1.Cl. The molecule has 22 heavy (non-hydrogen) atoms. The lowest BCUT2D eigenvalue weighted by Gasteiger charge is -2.36. The number of rotatable bonds is 5. The van der Waals surface area contributed by atoms with E-state index in [9.17, 15) is 4.79 Å². The second kappa shape index (κ2) is 9.13. The summed E-state index contributed by atoms with van der Waals surface area (Å²) in [4.78, 5) is 16.6. The van der Waals surface area contributed by atoms with Crippen molar-refractivity contribution in [2.24, 2.45) is 11.7 Å². The zero-order chi connectivity index (χ0) is 15.2. The Morgan fingerprint density at radius 2 is 1.73 bits per heavy atom. The summed E-state index contributed by atoms with van der Waals surface area (Å²) in [6.45, 7) is 8.55. The lowest BCUT2D eigenvalue weighted by molar-refractivity contribution is -0.135. The number of nitrogens with zero attached hydrogens (tertiary/aromatic N) is 2. The number of nitrogens with two attached hydrogens (primary N) is 1. The van der Waals surface area contributed by atoms with E-state index in [1.165, 1.54) is 5.56 Å². The van der Waals surface area contributed by atoms with Crippen LogP contribution in [0.1, 0.15) is 19.4 Å². The largest absolute Gasteiger partial charge is 0.339 e. The molecule has 4 nitrogen and oxygen atoms in total. The summed E-state index contributed by atoms with van der Waals surface area (Å²) in [6.07, 6.45) is 1.07. The topological polar surface area (TPSA) is 49.6 Å². The Hall–Kier alpha value is -1.10. The van der Waals surface area contributed by atoms with Crippen LogP contribution in [0.5, 0.6) is 0 Å². The summed E-state index contributed by atoms with van der Waals surface area (Å²) in [5.74, 6) is 0.307. The molecule has 0 bridgehead atoms. The summed E-state index contributed by atoms with van der Waals surface area (Å²) >= 11 is 0. The smallest absolute Gasteiger partial charge is 0.239 e. The number of amides is 1. The maximum atomic E-state index is 12.2. The van der Waals surface area contributed by atoms with E-state index < -0.39 is 0 Å². The highest BCUT2D eigenvalue weighted by Crippen LogP contribution is 2.09. The zero-order valence-corrected chi connectivity index (χ0v) is 14.4. The van der Waals surface area contributed by atoms with Crippen molar-refractivity contribution in [3.05, 3.63) is 35.9 Å². The molecule has 0 unspecified atom stereocenters. The van der Waals surface area contributed by atoms with Crippen molar-refractivity contribution in [2.75, 3.05) is 32.7 Å². The van der Waals surface area contributed by atoms with Crippen molar-refractivity contribution in [1.82, 2.24) is 9.80 Å². The van der Waals surface area contributed by atoms with Gasteiger partial charge in [0.15, 0.2) is 0 Å². The first-order chi connectivity index (χ1) is 10.1. The van der Waals surface area contributed by atoms with E-state index in [1.807, 2.05) is 24.8 Å². The fraction of sp³-hybridized carbons (Fsp3) is 0.588. The van der Waals surface area contributed by atoms with E-state index in [4.69, 9.17) is 5.73 Å². The number of piperazine rings is 1. The quantitative estimate of drug-likeness (QED) is 0.897. The van der Waals surface area contributed by atoms with Crippen LogP contribution in [0.15, 0.2) is 30.3 Å². The van der Waals surface area contributed by atoms with Crippen molar-refractivity contribution >= 4 is 18.3 Å². The summed E-state index contributed by atoms with van der Waals surface area (Å²) in [7, 11) is 0. The molecule has 124 valence electrons. The number of carbonyl (C=O) groups excluding carboxylic acids is 1. The molecule has 0 aliphatic carbocycles. The van der Waals surface area contributed by atoms with Crippen molar-refractivity contribution in [2.45, 2.75) is 26.3 Å². The highest BCUT2D eigenvalue weighted by atomic mass is 35.5. The monoisotopic (exact) mass is 325 g/mol. The molecule has 0 saturated carbocycles. The second-order valence-corrected chi connectivity index (χ2v) is 6.17. The van der Waals surface area contributed by atoms with Gasteiger partial charge in [-0.05, 0) is 17.9 Å². The van der Waals surface area contributed by atoms with Crippen LogP contribution in [0.2, 0.25) is 0 Å². The van der Waals surface area contributed by atoms with Gasteiger partial charge in [-0.3, -0.25) is 9.69 Å². The van der Waals surface area contributed by atoms with Crippen molar-refractivity contribution < 1.29 is 4.79 Å². The van der Waals surface area contributed by atoms with Gasteiger partial charge in [0.2, 0.25) is 5.91 Å². The fourth-order valence-electron chi connectivity index (χ4n) is 2.62. The summed E-state index contributed by atoms with van der Waals surface area (Å²) in [5, 5.41) is 0. The van der Waals surface area contributed by atoms with Gasteiger partial charge in [0, 0.05) is 32.7 Å². The second-order valence-electron chi connectivity index (χ2n) is 6.17. The van der Waals surface area contributed by atoms with Gasteiger partial charge in [-0.1, -0.05) is 44.2 Å². The van der Waals surface area contributed by atoms with Gasteiger partial charge >= 0.3 is 0 Å². The molecule has 1 fully saturated rings. The van der Waals surface area contributed by atoms with Crippen LogP contribution in [0.25, 0.3) is 0 Å². The first kappa shape index (κ1) is 18.9. The van der Waals surface area contributed by atoms with E-state index in [0.29, 0.717) is 0 Å². The van der Waals surface area contributed by atoms with Gasteiger partial charge in [0.1, 0.15) is 0 Å². The molecule has 5 heteroatoms. The van der Waals surface area contributed by atoms with Crippen LogP contribution < -0.4 is 5.73 Å². The summed E-state index contributed by atoms with van der Waals surface area (Å²) in [5.41, 5.74) is 7.33. The molecule has 0 spiro atoms. The van der Waals surface area contributed by atoms with Crippen molar-refractivity contribution in [3.63, 3.8) is 0 Å². The molecule has 1 atom stereocenters. The van der Waals surface area contributed by atoms with Crippen molar-refractivity contribution in [3.8, 4) is 0 Å². The molecule has 1 aliphatic rings. The highest BCUT2D eigenvalue weighted by Gasteiger charge is 2.26. The normalized spacial score (nSPS) is 17.2. The van der Waals surface area contributed by atoms with Gasteiger partial charge in [-0.2, -0.15) is 0 Å². The zero-order valence-electron chi connectivity index (χ0n) is 13.6. The van der Waals surface area contributed by atoms with Gasteiger partial charge in [0.05, 0.1) is 6.04 Å². The molecular formula is C17H28ClN3O. The molecule has 2 N–H and O–H groups in total. The Morgan fingerprint density at radius 1 is 1.14 bits per heavy atom. The number of hydrogen-bond acceptors (Lipinski definition) is 3. The van der Waals surface area contributed by atoms with E-state index in [1.54, 1.807) is 0 Å². The van der Waals surface area contributed by atoms with Crippen LogP contribution in [0.3, 0.4) is 0 Å². The molecule has 1 aromatic rings. The summed E-state index contributed by atoms with van der Waals surface area (Å²) < 4.78 is 0. The first-order valence-electron chi connectivity index (χ1n) is 7.88. The maximum absolute atomic E-state index is 12.2. The van der Waals surface area contributed by atoms with Crippen LogP contribution in [0.4, 0.5) is 0 Å². The van der Waals surface area contributed by atoms with E-state index >= 15 is 0 Å². The molecular weight excluding hydrogens is 298 g/mol. The van der Waals surface area contributed by atoms with Gasteiger partial charge in [-0.25, -0.2) is 0 Å². The lowest BCUT2D eigenvalue weighted by Crippen LogP contribution is -2.54. The standard InChI is InChI=1S/C17H27N3O.ClH/c1-14(2)16(18)17(21)20-12-10-19(11-13-20)9-8-15-6-4-3-5-7-15;/h3-7,14,16H,8-13,18H2,1-2H3;1H/t16-;/m0./s1. The van der Waals surface area contributed by atoms with Gasteiger partial charge in [-0.15, -0.1) is 12.4 Å². The Kier molecular flexibility index (Phi) is 7.87. The van der Waals surface area contributed by atoms with Crippen molar-refractivity contribution in [1.29, 1.82) is 0 Å². The number of hydrogen-bond donors (Lipinski definition) is 1. The molecule has 1 heterocycles. The van der Waals surface area contributed by atoms with Crippen LogP contribution in [-0.2, 0) is 11.2 Å². The summed E-state index contributed by atoms with van der Waals surface area (Å²) in [6, 6.07) is 10.2. The first-order valence-corrected chi connectivity index (χ1v) is 7.88. The third kappa shape index (κ3) is 5.27. The van der Waals surface area contributed by atoms with Crippen LogP contribution in [0, 0.1) is 5.92 Å². The minimum atomic E-state index is -0.360. The Labute approximate surface area is 140 Å². The predicted octanol–water partition coefficient (Wildman–Crippen LogP) is 1.78. The molecule has 1 amide bonds. The lowest BCUT2D eigenvalue weighted by atomic mass is 10.0. The fourth-order valence-corrected chi connectivity index (χ4v) is 2.62. The number of halogens is 1. The number of carbonyl (C=O) groups is 1. The minimum absolute atomic E-state index is 0. The Morgan fingerprint density at radius 3 is 2.27 bits per heavy atom.